The Balaban J connectivity index is 3.71. The molecule has 72 valence electrons. The van der Waals surface area contributed by atoms with Crippen molar-refractivity contribution in [2.24, 2.45) is 17.4 Å². The van der Waals surface area contributed by atoms with E-state index in [1.807, 2.05) is 6.92 Å². The Hall–Kier alpha value is -0.260. The van der Waals surface area contributed by atoms with Crippen LogP contribution in [0.1, 0.15) is 19.8 Å². The summed E-state index contributed by atoms with van der Waals surface area (Å²) in [6, 6.07) is 0. The van der Waals surface area contributed by atoms with Gasteiger partial charge >= 0.3 is 5.97 Å². The number of aliphatic carboxylic acids is 1. The normalized spacial score (nSPS) is 16.1. The zero-order valence-electron chi connectivity index (χ0n) is 7.10. The van der Waals surface area contributed by atoms with Gasteiger partial charge in [-0.1, -0.05) is 6.92 Å². The third-order valence-electron chi connectivity index (χ3n) is 1.87. The highest BCUT2D eigenvalue weighted by molar-refractivity contribution is 7.81. The average molecular weight is 192 g/mol. The summed E-state index contributed by atoms with van der Waals surface area (Å²) in [5.74, 6) is -0.778. The molecule has 2 atom stereocenters. The zero-order valence-corrected chi connectivity index (χ0v) is 8.00. The minimum atomic E-state index is -0.813. The molecule has 0 heterocycles. The molecule has 0 amide bonds. The Morgan fingerprint density at radius 1 is 1.58 bits per heavy atom. The van der Waals surface area contributed by atoms with Gasteiger partial charge in [-0.25, -0.2) is 0 Å². The molecule has 0 aromatic carbocycles. The first-order valence-electron chi connectivity index (χ1n) is 3.86. The lowest BCUT2D eigenvalue weighted by Crippen LogP contribution is -2.41. The second-order valence-corrected chi connectivity index (χ2v) is 3.60. The number of carboxylic acids is 1. The van der Waals surface area contributed by atoms with Crippen LogP contribution in [0.25, 0.3) is 0 Å². The monoisotopic (exact) mass is 192 g/mol. The maximum atomic E-state index is 10.2. The summed E-state index contributed by atoms with van der Waals surface area (Å²) < 4.78 is 0. The summed E-state index contributed by atoms with van der Waals surface area (Å²) in [5, 5.41) is 8.35. The van der Waals surface area contributed by atoms with Crippen LogP contribution in [0.5, 0.6) is 0 Å². The SMILES string of the molecule is CC(C(N)N)C(S)CCC(=O)O. The van der Waals surface area contributed by atoms with Crippen LogP contribution in [0.15, 0.2) is 0 Å². The highest BCUT2D eigenvalue weighted by Crippen LogP contribution is 2.16. The molecule has 0 bridgehead atoms. The van der Waals surface area contributed by atoms with Crippen molar-refractivity contribution >= 4 is 18.6 Å². The summed E-state index contributed by atoms with van der Waals surface area (Å²) in [7, 11) is 0. The van der Waals surface area contributed by atoms with Crippen molar-refractivity contribution in [3.63, 3.8) is 0 Å². The van der Waals surface area contributed by atoms with Crippen LogP contribution >= 0.6 is 12.6 Å². The van der Waals surface area contributed by atoms with Crippen LogP contribution in [-0.4, -0.2) is 22.5 Å². The van der Waals surface area contributed by atoms with Crippen molar-refractivity contribution in [3.8, 4) is 0 Å². The highest BCUT2D eigenvalue weighted by atomic mass is 32.1. The van der Waals surface area contributed by atoms with Gasteiger partial charge in [-0.3, -0.25) is 4.79 Å². The zero-order chi connectivity index (χ0) is 9.72. The first-order valence-corrected chi connectivity index (χ1v) is 4.37. The third kappa shape index (κ3) is 4.58. The predicted octanol–water partition coefficient (Wildman–Crippen LogP) is 0.0292. The predicted molar refractivity (Wildman–Crippen MR) is 51.0 cm³/mol. The summed E-state index contributed by atoms with van der Waals surface area (Å²) in [4.78, 5) is 10.2. The number of carbonyl (C=O) groups is 1. The molecule has 5 N–H and O–H groups in total. The van der Waals surface area contributed by atoms with Gasteiger partial charge in [-0.2, -0.15) is 12.6 Å². The number of hydrogen-bond acceptors (Lipinski definition) is 4. The van der Waals surface area contributed by atoms with Gasteiger partial charge in [0, 0.05) is 11.7 Å². The number of rotatable bonds is 5. The first-order chi connectivity index (χ1) is 5.45. The van der Waals surface area contributed by atoms with Crippen LogP contribution in [0.4, 0.5) is 0 Å². The molecule has 0 aromatic heterocycles. The van der Waals surface area contributed by atoms with Crippen LogP contribution in [-0.2, 0) is 4.79 Å². The van der Waals surface area contributed by atoms with Crippen molar-refractivity contribution in [1.29, 1.82) is 0 Å². The molecule has 0 aliphatic heterocycles. The van der Waals surface area contributed by atoms with Crippen LogP contribution in [0, 0.1) is 5.92 Å². The lowest BCUT2D eigenvalue weighted by molar-refractivity contribution is -0.137. The summed E-state index contributed by atoms with van der Waals surface area (Å²) in [6.07, 6.45) is 0.191. The molecule has 0 aliphatic carbocycles. The molecular formula is C7H16N2O2S. The van der Waals surface area contributed by atoms with E-state index in [4.69, 9.17) is 16.6 Å². The van der Waals surface area contributed by atoms with Crippen molar-refractivity contribution in [3.05, 3.63) is 0 Å². The van der Waals surface area contributed by atoms with E-state index in [0.717, 1.165) is 0 Å². The van der Waals surface area contributed by atoms with Gasteiger partial charge in [0.15, 0.2) is 0 Å². The molecule has 12 heavy (non-hydrogen) atoms. The molecular weight excluding hydrogens is 176 g/mol. The van der Waals surface area contributed by atoms with Gasteiger partial charge in [0.25, 0.3) is 0 Å². The topological polar surface area (TPSA) is 89.3 Å². The largest absolute Gasteiger partial charge is 0.481 e. The van der Waals surface area contributed by atoms with Crippen molar-refractivity contribution in [2.45, 2.75) is 31.2 Å². The second-order valence-electron chi connectivity index (χ2n) is 2.94. The minimum Gasteiger partial charge on any atom is -0.481 e. The maximum Gasteiger partial charge on any atom is 0.303 e. The molecule has 0 rings (SSSR count). The molecule has 0 saturated heterocycles. The molecule has 0 aliphatic rings. The smallest absolute Gasteiger partial charge is 0.303 e. The Morgan fingerprint density at radius 3 is 2.42 bits per heavy atom. The molecule has 0 aromatic rings. The van der Waals surface area contributed by atoms with Crippen molar-refractivity contribution in [2.75, 3.05) is 0 Å². The van der Waals surface area contributed by atoms with Crippen LogP contribution in [0.3, 0.4) is 0 Å². The van der Waals surface area contributed by atoms with Gasteiger partial charge in [0.1, 0.15) is 0 Å². The van der Waals surface area contributed by atoms with E-state index in [9.17, 15) is 4.79 Å². The standard InChI is InChI=1S/C7H16N2O2S/c1-4(7(8)9)5(12)2-3-6(10)11/h4-5,7,12H,2-3,8-9H2,1H3,(H,10,11). The fourth-order valence-corrected chi connectivity index (χ4v) is 1.12. The molecule has 0 radical (unpaired) electrons. The van der Waals surface area contributed by atoms with E-state index < -0.39 is 12.1 Å². The molecule has 0 fully saturated rings. The number of carboxylic acid groups (broad SMARTS) is 1. The summed E-state index contributed by atoms with van der Waals surface area (Å²) in [5.41, 5.74) is 10.8. The first kappa shape index (κ1) is 11.7. The quantitative estimate of drug-likeness (QED) is 0.365. The summed E-state index contributed by atoms with van der Waals surface area (Å²) >= 11 is 4.22. The Morgan fingerprint density at radius 2 is 2.08 bits per heavy atom. The molecule has 4 nitrogen and oxygen atoms in total. The molecule has 0 spiro atoms. The average Bonchev–Trinajstić information content (AvgIpc) is 1.98. The maximum absolute atomic E-state index is 10.2. The van der Waals surface area contributed by atoms with Crippen molar-refractivity contribution in [1.82, 2.24) is 0 Å². The Kier molecular flexibility index (Phi) is 5.28. The highest BCUT2D eigenvalue weighted by Gasteiger charge is 2.17. The minimum absolute atomic E-state index is 0.0349. The van der Waals surface area contributed by atoms with E-state index in [0.29, 0.717) is 6.42 Å². The molecule has 2 unspecified atom stereocenters. The molecule has 5 heteroatoms. The third-order valence-corrected chi connectivity index (χ3v) is 2.60. The summed E-state index contributed by atoms with van der Waals surface area (Å²) in [6.45, 7) is 1.87. The van der Waals surface area contributed by atoms with E-state index in [-0.39, 0.29) is 17.6 Å². The van der Waals surface area contributed by atoms with Crippen molar-refractivity contribution < 1.29 is 9.90 Å². The number of hydrogen-bond donors (Lipinski definition) is 4. The Labute approximate surface area is 77.7 Å². The van der Waals surface area contributed by atoms with E-state index in [1.54, 1.807) is 0 Å². The second kappa shape index (κ2) is 5.40. The van der Waals surface area contributed by atoms with E-state index in [2.05, 4.69) is 12.6 Å². The van der Waals surface area contributed by atoms with Crippen LogP contribution < -0.4 is 11.5 Å². The Bertz CT molecular complexity index is 152. The van der Waals surface area contributed by atoms with Crippen LogP contribution in [0.2, 0.25) is 0 Å². The lowest BCUT2D eigenvalue weighted by Gasteiger charge is -2.21. The number of thiol groups is 1. The van der Waals surface area contributed by atoms with E-state index >= 15 is 0 Å². The van der Waals surface area contributed by atoms with Gasteiger partial charge in [-0.05, 0) is 12.3 Å². The van der Waals surface area contributed by atoms with Gasteiger partial charge < -0.3 is 16.6 Å². The fraction of sp³-hybridized carbons (Fsp3) is 0.857. The van der Waals surface area contributed by atoms with Gasteiger partial charge in [0.05, 0.1) is 6.17 Å². The van der Waals surface area contributed by atoms with E-state index in [1.165, 1.54) is 0 Å². The fourth-order valence-electron chi connectivity index (χ4n) is 0.791. The number of nitrogens with two attached hydrogens (primary N) is 2. The molecule has 0 saturated carbocycles. The van der Waals surface area contributed by atoms with Gasteiger partial charge in [0.2, 0.25) is 0 Å². The lowest BCUT2D eigenvalue weighted by atomic mass is 10.0. The van der Waals surface area contributed by atoms with Gasteiger partial charge in [-0.15, -0.1) is 0 Å².